The number of rotatable bonds is 4. The molecule has 0 atom stereocenters. The SMILES string of the molecule is Cn1nc(C(F)(F)F)cc1C(=O)Nc1ccc(S(=O)(=O)N2CCCCCC2)cc1. The van der Waals surface area contributed by atoms with E-state index in [2.05, 4.69) is 10.4 Å². The van der Waals surface area contributed by atoms with E-state index < -0.39 is 27.8 Å². The molecule has 1 aromatic carbocycles. The second-order valence-corrected chi connectivity index (χ2v) is 8.77. The third-order valence-electron chi connectivity index (χ3n) is 4.72. The van der Waals surface area contributed by atoms with Crippen LogP contribution in [0, 0.1) is 0 Å². The molecule has 3 rings (SSSR count). The second-order valence-electron chi connectivity index (χ2n) is 6.83. The third kappa shape index (κ3) is 4.78. The molecule has 0 saturated carbocycles. The molecule has 1 aromatic heterocycles. The first-order valence-corrected chi connectivity index (χ1v) is 10.6. The average molecular weight is 430 g/mol. The number of amides is 1. The number of carbonyl (C=O) groups is 1. The number of aryl methyl sites for hydroxylation is 1. The maximum absolute atomic E-state index is 12.8. The van der Waals surface area contributed by atoms with E-state index in [-0.39, 0.29) is 16.3 Å². The topological polar surface area (TPSA) is 84.3 Å². The quantitative estimate of drug-likeness (QED) is 0.807. The Morgan fingerprint density at radius 3 is 2.17 bits per heavy atom. The van der Waals surface area contributed by atoms with E-state index in [9.17, 15) is 26.4 Å². The van der Waals surface area contributed by atoms with Gasteiger partial charge >= 0.3 is 6.18 Å². The summed E-state index contributed by atoms with van der Waals surface area (Å²) in [4.78, 5) is 12.4. The fourth-order valence-electron chi connectivity index (χ4n) is 3.15. The fourth-order valence-corrected chi connectivity index (χ4v) is 4.67. The number of aromatic nitrogens is 2. The van der Waals surface area contributed by atoms with Crippen molar-refractivity contribution in [3.63, 3.8) is 0 Å². The summed E-state index contributed by atoms with van der Waals surface area (Å²) in [5.41, 5.74) is -1.16. The van der Waals surface area contributed by atoms with Gasteiger partial charge in [-0.25, -0.2) is 8.42 Å². The highest BCUT2D eigenvalue weighted by atomic mass is 32.2. The lowest BCUT2D eigenvalue weighted by Gasteiger charge is -2.20. The first-order valence-electron chi connectivity index (χ1n) is 9.12. The van der Waals surface area contributed by atoms with Crippen molar-refractivity contribution < 1.29 is 26.4 Å². The molecule has 2 aromatic rings. The van der Waals surface area contributed by atoms with E-state index in [0.29, 0.717) is 19.2 Å². The van der Waals surface area contributed by atoms with Gasteiger partial charge in [0.05, 0.1) is 4.90 Å². The summed E-state index contributed by atoms with van der Waals surface area (Å²) in [5.74, 6) is -0.779. The lowest BCUT2D eigenvalue weighted by molar-refractivity contribution is -0.141. The monoisotopic (exact) mass is 430 g/mol. The summed E-state index contributed by atoms with van der Waals surface area (Å²) in [7, 11) is -2.38. The lowest BCUT2D eigenvalue weighted by atomic mass is 10.2. The number of carbonyl (C=O) groups excluding carboxylic acids is 1. The van der Waals surface area contributed by atoms with Gasteiger partial charge in [0.25, 0.3) is 5.91 Å². The molecule has 0 aliphatic carbocycles. The highest BCUT2D eigenvalue weighted by molar-refractivity contribution is 7.89. The van der Waals surface area contributed by atoms with Crippen molar-refractivity contribution in [3.05, 3.63) is 41.7 Å². The molecular formula is C18H21F3N4O3S. The van der Waals surface area contributed by atoms with Gasteiger partial charge in [-0.15, -0.1) is 0 Å². The third-order valence-corrected chi connectivity index (χ3v) is 6.63. The van der Waals surface area contributed by atoms with E-state index in [1.54, 1.807) is 0 Å². The van der Waals surface area contributed by atoms with Crippen molar-refractivity contribution in [1.82, 2.24) is 14.1 Å². The predicted molar refractivity (Wildman–Crippen MR) is 99.8 cm³/mol. The van der Waals surface area contributed by atoms with Gasteiger partial charge in [0.2, 0.25) is 10.0 Å². The first kappa shape index (κ1) is 21.3. The summed E-state index contributed by atoms with van der Waals surface area (Å²) in [6.45, 7) is 0.950. The van der Waals surface area contributed by atoms with Gasteiger partial charge in [-0.05, 0) is 37.1 Å². The van der Waals surface area contributed by atoms with Crippen LogP contribution in [-0.4, -0.2) is 41.5 Å². The number of nitrogens with zero attached hydrogens (tertiary/aromatic N) is 3. The lowest BCUT2D eigenvalue weighted by Crippen LogP contribution is -2.31. The van der Waals surface area contributed by atoms with Crippen LogP contribution in [-0.2, 0) is 23.2 Å². The zero-order chi connectivity index (χ0) is 21.2. The molecule has 11 heteroatoms. The minimum Gasteiger partial charge on any atom is -0.321 e. The van der Waals surface area contributed by atoms with E-state index >= 15 is 0 Å². The Morgan fingerprint density at radius 1 is 1.07 bits per heavy atom. The van der Waals surface area contributed by atoms with Crippen molar-refractivity contribution in [2.45, 2.75) is 36.8 Å². The van der Waals surface area contributed by atoms with Crippen molar-refractivity contribution >= 4 is 21.6 Å². The van der Waals surface area contributed by atoms with Gasteiger partial charge in [0.1, 0.15) is 5.69 Å². The summed E-state index contributed by atoms with van der Waals surface area (Å²) in [6, 6.07) is 6.22. The highest BCUT2D eigenvalue weighted by Crippen LogP contribution is 2.28. The summed E-state index contributed by atoms with van der Waals surface area (Å²) in [6.07, 6.45) is -1.02. The maximum Gasteiger partial charge on any atom is 0.435 e. The molecule has 1 fully saturated rings. The van der Waals surface area contributed by atoms with Crippen LogP contribution in [0.25, 0.3) is 0 Å². The Balaban J connectivity index is 1.74. The Kier molecular flexibility index (Phi) is 5.99. The molecule has 1 amide bonds. The number of alkyl halides is 3. The predicted octanol–water partition coefficient (Wildman–Crippen LogP) is 3.26. The molecule has 1 N–H and O–H groups in total. The van der Waals surface area contributed by atoms with Crippen LogP contribution in [0.4, 0.5) is 18.9 Å². The molecule has 0 unspecified atom stereocenters. The first-order chi connectivity index (χ1) is 13.6. The Labute approximate surface area is 166 Å². The van der Waals surface area contributed by atoms with Gasteiger partial charge in [0.15, 0.2) is 5.69 Å². The van der Waals surface area contributed by atoms with E-state index in [4.69, 9.17) is 0 Å². The summed E-state index contributed by atoms with van der Waals surface area (Å²) >= 11 is 0. The minimum absolute atomic E-state index is 0.109. The minimum atomic E-state index is -4.65. The van der Waals surface area contributed by atoms with E-state index in [0.717, 1.165) is 30.4 Å². The zero-order valence-electron chi connectivity index (χ0n) is 15.7. The van der Waals surface area contributed by atoms with Crippen molar-refractivity contribution in [1.29, 1.82) is 0 Å². The number of sulfonamides is 1. The molecular weight excluding hydrogens is 409 g/mol. The Morgan fingerprint density at radius 2 is 1.66 bits per heavy atom. The molecule has 7 nitrogen and oxygen atoms in total. The Hall–Kier alpha value is -2.40. The van der Waals surface area contributed by atoms with Crippen LogP contribution in [0.1, 0.15) is 41.9 Å². The number of hydrogen-bond donors (Lipinski definition) is 1. The van der Waals surface area contributed by atoms with Crippen molar-refractivity contribution in [3.8, 4) is 0 Å². The summed E-state index contributed by atoms with van der Waals surface area (Å²) in [5, 5.41) is 5.75. The molecule has 0 bridgehead atoms. The van der Waals surface area contributed by atoms with E-state index in [1.165, 1.54) is 35.6 Å². The average Bonchev–Trinajstić information content (AvgIpc) is 2.87. The molecule has 1 aliphatic rings. The van der Waals surface area contributed by atoms with Gasteiger partial charge < -0.3 is 5.32 Å². The summed E-state index contributed by atoms with van der Waals surface area (Å²) < 4.78 is 66.0. The fraction of sp³-hybridized carbons (Fsp3) is 0.444. The number of benzene rings is 1. The number of halogens is 3. The molecule has 0 radical (unpaired) electrons. The highest BCUT2D eigenvalue weighted by Gasteiger charge is 2.35. The van der Waals surface area contributed by atoms with Gasteiger partial charge in [-0.1, -0.05) is 12.8 Å². The van der Waals surface area contributed by atoms with Gasteiger partial charge in [-0.2, -0.15) is 22.6 Å². The van der Waals surface area contributed by atoms with Crippen LogP contribution in [0.15, 0.2) is 35.2 Å². The van der Waals surface area contributed by atoms with Crippen molar-refractivity contribution in [2.75, 3.05) is 18.4 Å². The van der Waals surface area contributed by atoms with Gasteiger partial charge in [-0.3, -0.25) is 9.48 Å². The zero-order valence-corrected chi connectivity index (χ0v) is 16.6. The van der Waals surface area contributed by atoms with E-state index in [1.807, 2.05) is 0 Å². The molecule has 1 aliphatic heterocycles. The normalized spacial score (nSPS) is 16.4. The largest absolute Gasteiger partial charge is 0.435 e. The molecule has 2 heterocycles. The molecule has 0 spiro atoms. The van der Waals surface area contributed by atoms with Crippen LogP contribution >= 0.6 is 0 Å². The molecule has 158 valence electrons. The van der Waals surface area contributed by atoms with Gasteiger partial charge in [0, 0.05) is 31.9 Å². The van der Waals surface area contributed by atoms with Crippen LogP contribution in [0.3, 0.4) is 0 Å². The maximum atomic E-state index is 12.8. The number of hydrogen-bond acceptors (Lipinski definition) is 4. The Bertz CT molecular complexity index is 977. The second kappa shape index (κ2) is 8.15. The molecule has 29 heavy (non-hydrogen) atoms. The number of nitrogens with one attached hydrogen (secondary N) is 1. The van der Waals surface area contributed by atoms with Crippen LogP contribution in [0.5, 0.6) is 0 Å². The van der Waals surface area contributed by atoms with Crippen molar-refractivity contribution in [2.24, 2.45) is 7.05 Å². The van der Waals surface area contributed by atoms with Crippen LogP contribution < -0.4 is 5.32 Å². The molecule has 1 saturated heterocycles. The van der Waals surface area contributed by atoms with Crippen LogP contribution in [0.2, 0.25) is 0 Å². The standard InChI is InChI=1S/C18H21F3N4O3S/c1-24-15(12-16(23-24)18(19,20)21)17(26)22-13-6-8-14(9-7-13)29(27,28)25-10-4-2-3-5-11-25/h6-9,12H,2-5,10-11H2,1H3,(H,22,26). The number of anilines is 1. The smallest absolute Gasteiger partial charge is 0.321 e.